The number of rotatable bonds is 3. The van der Waals surface area contributed by atoms with Crippen molar-refractivity contribution in [3.63, 3.8) is 0 Å². The van der Waals surface area contributed by atoms with Crippen molar-refractivity contribution in [3.05, 3.63) is 83.6 Å². The number of hydrogen-bond acceptors (Lipinski definition) is 2. The fourth-order valence-electron chi connectivity index (χ4n) is 2.12. The quantitative estimate of drug-likeness (QED) is 0.765. The average Bonchev–Trinajstić information content (AvgIpc) is 2.56. The Morgan fingerprint density at radius 1 is 0.955 bits per heavy atom. The Morgan fingerprint density at radius 2 is 1.77 bits per heavy atom. The molecule has 0 saturated heterocycles. The Kier molecular flexibility index (Phi) is 4.17. The molecule has 0 aliphatic heterocycles. The van der Waals surface area contributed by atoms with E-state index >= 15 is 0 Å². The van der Waals surface area contributed by atoms with E-state index < -0.39 is 0 Å². The highest BCUT2D eigenvalue weighted by atomic mass is 35.5. The lowest BCUT2D eigenvalue weighted by Crippen LogP contribution is -2.11. The minimum Gasteiger partial charge on any atom is -0.322 e. The molecule has 1 N–H and O–H groups in total. The summed E-state index contributed by atoms with van der Waals surface area (Å²) >= 11 is 5.91. The molecule has 0 saturated carbocycles. The van der Waals surface area contributed by atoms with Crippen molar-refractivity contribution >= 4 is 23.2 Å². The molecular weight excluding hydrogens is 296 g/mol. The van der Waals surface area contributed by atoms with Crippen LogP contribution in [0.25, 0.3) is 11.1 Å². The van der Waals surface area contributed by atoms with Crippen molar-refractivity contribution < 1.29 is 4.79 Å². The highest BCUT2D eigenvalue weighted by molar-refractivity contribution is 6.30. The summed E-state index contributed by atoms with van der Waals surface area (Å²) in [6, 6.07) is 18.3. The summed E-state index contributed by atoms with van der Waals surface area (Å²) in [6.45, 7) is 0. The largest absolute Gasteiger partial charge is 0.322 e. The van der Waals surface area contributed by atoms with Gasteiger partial charge in [-0.25, -0.2) is 0 Å². The van der Waals surface area contributed by atoms with Gasteiger partial charge < -0.3 is 5.32 Å². The van der Waals surface area contributed by atoms with Crippen LogP contribution in [0.15, 0.2) is 73.1 Å². The predicted molar refractivity (Wildman–Crippen MR) is 89.1 cm³/mol. The molecule has 0 aliphatic carbocycles. The summed E-state index contributed by atoms with van der Waals surface area (Å²) in [4.78, 5) is 16.3. The van der Waals surface area contributed by atoms with Crippen molar-refractivity contribution in [3.8, 4) is 11.1 Å². The molecule has 0 fully saturated rings. The zero-order valence-electron chi connectivity index (χ0n) is 11.7. The number of nitrogens with zero attached hydrogens (tertiary/aromatic N) is 1. The molecule has 2 aromatic carbocycles. The monoisotopic (exact) mass is 308 g/mol. The fraction of sp³-hybridized carbons (Fsp3) is 0. The second-order valence-electron chi connectivity index (χ2n) is 4.78. The smallest absolute Gasteiger partial charge is 0.255 e. The van der Waals surface area contributed by atoms with Crippen LogP contribution in [0.2, 0.25) is 5.02 Å². The SMILES string of the molecule is O=C(Nc1cccc(Cl)c1)c1ccc(-c2cccnc2)cc1. The van der Waals surface area contributed by atoms with Gasteiger partial charge in [0.05, 0.1) is 0 Å². The van der Waals surface area contributed by atoms with E-state index in [4.69, 9.17) is 11.6 Å². The predicted octanol–water partition coefficient (Wildman–Crippen LogP) is 4.65. The van der Waals surface area contributed by atoms with Gasteiger partial charge in [0.25, 0.3) is 5.91 Å². The van der Waals surface area contributed by atoms with Gasteiger partial charge in [0.2, 0.25) is 0 Å². The Hall–Kier alpha value is -2.65. The molecule has 0 radical (unpaired) electrons. The Labute approximate surface area is 133 Å². The van der Waals surface area contributed by atoms with Crippen LogP contribution in [0.4, 0.5) is 5.69 Å². The number of nitrogens with one attached hydrogen (secondary N) is 1. The van der Waals surface area contributed by atoms with Gasteiger partial charge in [-0.05, 0) is 47.5 Å². The zero-order chi connectivity index (χ0) is 15.4. The molecule has 108 valence electrons. The lowest BCUT2D eigenvalue weighted by molar-refractivity contribution is 0.102. The summed E-state index contributed by atoms with van der Waals surface area (Å²) in [5.74, 6) is -0.167. The van der Waals surface area contributed by atoms with E-state index in [0.717, 1.165) is 11.1 Å². The number of carbonyl (C=O) groups excluding carboxylic acids is 1. The minimum atomic E-state index is -0.167. The van der Waals surface area contributed by atoms with Crippen LogP contribution in [0.3, 0.4) is 0 Å². The number of carbonyl (C=O) groups is 1. The normalized spacial score (nSPS) is 10.2. The first-order chi connectivity index (χ1) is 10.7. The van der Waals surface area contributed by atoms with Crippen LogP contribution in [0, 0.1) is 0 Å². The number of pyridine rings is 1. The lowest BCUT2D eigenvalue weighted by atomic mass is 10.1. The third-order valence-electron chi connectivity index (χ3n) is 3.22. The molecule has 0 bridgehead atoms. The molecule has 22 heavy (non-hydrogen) atoms. The van der Waals surface area contributed by atoms with E-state index in [2.05, 4.69) is 10.3 Å². The van der Waals surface area contributed by atoms with Crippen LogP contribution < -0.4 is 5.32 Å². The Bertz CT molecular complexity index is 786. The molecular formula is C18H13ClN2O. The Balaban J connectivity index is 1.76. The van der Waals surface area contributed by atoms with Crippen molar-refractivity contribution in [2.75, 3.05) is 5.32 Å². The van der Waals surface area contributed by atoms with E-state index in [1.54, 1.807) is 48.8 Å². The zero-order valence-corrected chi connectivity index (χ0v) is 12.4. The van der Waals surface area contributed by atoms with E-state index in [0.29, 0.717) is 16.3 Å². The van der Waals surface area contributed by atoms with Crippen LogP contribution in [-0.4, -0.2) is 10.9 Å². The van der Waals surface area contributed by atoms with Crippen LogP contribution in [0.5, 0.6) is 0 Å². The second kappa shape index (κ2) is 6.41. The molecule has 0 atom stereocenters. The van der Waals surface area contributed by atoms with Crippen molar-refractivity contribution in [1.29, 1.82) is 0 Å². The molecule has 1 heterocycles. The highest BCUT2D eigenvalue weighted by Crippen LogP contribution is 2.20. The van der Waals surface area contributed by atoms with Crippen molar-refractivity contribution in [2.24, 2.45) is 0 Å². The summed E-state index contributed by atoms with van der Waals surface area (Å²) in [5, 5.41) is 3.41. The maximum absolute atomic E-state index is 12.2. The lowest BCUT2D eigenvalue weighted by Gasteiger charge is -2.07. The van der Waals surface area contributed by atoms with Gasteiger partial charge in [0.15, 0.2) is 0 Å². The number of amides is 1. The van der Waals surface area contributed by atoms with Gasteiger partial charge in [-0.1, -0.05) is 35.9 Å². The molecule has 3 aromatic rings. The van der Waals surface area contributed by atoms with Gasteiger partial charge in [-0.2, -0.15) is 0 Å². The molecule has 3 rings (SSSR count). The maximum atomic E-state index is 12.2. The third-order valence-corrected chi connectivity index (χ3v) is 3.46. The van der Waals surface area contributed by atoms with Crippen LogP contribution >= 0.6 is 11.6 Å². The number of aromatic nitrogens is 1. The first kappa shape index (κ1) is 14.3. The average molecular weight is 309 g/mol. The van der Waals surface area contributed by atoms with Crippen molar-refractivity contribution in [1.82, 2.24) is 4.98 Å². The standard InChI is InChI=1S/C18H13ClN2O/c19-16-4-1-5-17(11-16)21-18(22)14-8-6-13(7-9-14)15-3-2-10-20-12-15/h1-12H,(H,21,22). The molecule has 0 unspecified atom stereocenters. The summed E-state index contributed by atoms with van der Waals surface area (Å²) in [6.07, 6.45) is 3.53. The molecule has 4 heteroatoms. The summed E-state index contributed by atoms with van der Waals surface area (Å²) < 4.78 is 0. The first-order valence-corrected chi connectivity index (χ1v) is 7.17. The first-order valence-electron chi connectivity index (χ1n) is 6.80. The van der Waals surface area contributed by atoms with Gasteiger partial charge >= 0.3 is 0 Å². The Morgan fingerprint density at radius 3 is 2.45 bits per heavy atom. The van der Waals surface area contributed by atoms with Crippen LogP contribution in [0.1, 0.15) is 10.4 Å². The second-order valence-corrected chi connectivity index (χ2v) is 5.22. The minimum absolute atomic E-state index is 0.167. The molecule has 1 aromatic heterocycles. The van der Waals surface area contributed by atoms with Gasteiger partial charge in [0.1, 0.15) is 0 Å². The van der Waals surface area contributed by atoms with E-state index in [1.165, 1.54) is 0 Å². The van der Waals surface area contributed by atoms with Crippen LogP contribution in [-0.2, 0) is 0 Å². The van der Waals surface area contributed by atoms with Gasteiger partial charge in [0, 0.05) is 28.7 Å². The van der Waals surface area contributed by atoms with Gasteiger partial charge in [-0.15, -0.1) is 0 Å². The number of halogens is 1. The molecule has 0 spiro atoms. The van der Waals surface area contributed by atoms with E-state index in [9.17, 15) is 4.79 Å². The summed E-state index contributed by atoms with van der Waals surface area (Å²) in [7, 11) is 0. The van der Waals surface area contributed by atoms with E-state index in [-0.39, 0.29) is 5.91 Å². The summed E-state index contributed by atoms with van der Waals surface area (Å²) in [5.41, 5.74) is 3.30. The number of benzene rings is 2. The molecule has 3 nitrogen and oxygen atoms in total. The number of hydrogen-bond donors (Lipinski definition) is 1. The van der Waals surface area contributed by atoms with Gasteiger partial charge in [-0.3, -0.25) is 9.78 Å². The number of anilines is 1. The topological polar surface area (TPSA) is 42.0 Å². The molecule has 1 amide bonds. The fourth-order valence-corrected chi connectivity index (χ4v) is 2.31. The maximum Gasteiger partial charge on any atom is 0.255 e. The van der Waals surface area contributed by atoms with E-state index in [1.807, 2.05) is 24.3 Å². The molecule has 0 aliphatic rings. The highest BCUT2D eigenvalue weighted by Gasteiger charge is 2.07. The van der Waals surface area contributed by atoms with Crippen molar-refractivity contribution in [2.45, 2.75) is 0 Å². The third kappa shape index (κ3) is 3.32.